The molecule has 3 aromatic heterocycles. The van der Waals surface area contributed by atoms with Crippen LogP contribution in [0, 0.1) is 0 Å². The summed E-state index contributed by atoms with van der Waals surface area (Å²) in [6.45, 7) is 6.09. The van der Waals surface area contributed by atoms with Gasteiger partial charge >= 0.3 is 0 Å². The molecule has 0 bridgehead atoms. The summed E-state index contributed by atoms with van der Waals surface area (Å²) >= 11 is 1.65. The molecule has 1 atom stereocenters. The number of fused-ring (bicyclic) bond motifs is 1. The second-order valence-electron chi connectivity index (χ2n) is 4.49. The standard InChI is InChI=1S/C14H15N3OS2.C2H6.H2/c1-2-3-9-20(18)14-16-11-7-6-10(15-13(11)17-14)12-5-4-8-19-12;1-2;/h4-8H,2-3,9H2,1H3,(H,15,16,17);1-2H3;1H. The molecule has 0 fully saturated rings. The summed E-state index contributed by atoms with van der Waals surface area (Å²) in [5.74, 6) is 0.647. The lowest BCUT2D eigenvalue weighted by molar-refractivity contribution is 0.674. The van der Waals surface area contributed by atoms with Gasteiger partial charge in [-0.2, -0.15) is 0 Å². The van der Waals surface area contributed by atoms with Gasteiger partial charge in [0.05, 0.1) is 26.9 Å². The highest BCUT2D eigenvalue weighted by atomic mass is 32.2. The molecule has 0 saturated carbocycles. The number of aromatic amines is 1. The van der Waals surface area contributed by atoms with Crippen molar-refractivity contribution in [2.45, 2.75) is 38.8 Å². The van der Waals surface area contributed by atoms with E-state index in [-0.39, 0.29) is 1.43 Å². The number of rotatable bonds is 5. The van der Waals surface area contributed by atoms with Gasteiger partial charge in [0, 0.05) is 7.18 Å². The lowest BCUT2D eigenvalue weighted by atomic mass is 10.3. The first-order valence-corrected chi connectivity index (χ1v) is 9.77. The summed E-state index contributed by atoms with van der Waals surface area (Å²) in [5, 5.41) is 2.56. The Balaban J connectivity index is 0.000000849. The van der Waals surface area contributed by atoms with E-state index in [2.05, 4.69) is 21.9 Å². The monoisotopic (exact) mass is 337 g/mol. The largest absolute Gasteiger partial charge is 0.329 e. The fourth-order valence-corrected chi connectivity index (χ4v) is 3.76. The summed E-state index contributed by atoms with van der Waals surface area (Å²) in [6, 6.07) is 7.95. The van der Waals surface area contributed by atoms with E-state index in [0.29, 0.717) is 16.6 Å². The third-order valence-corrected chi connectivity index (χ3v) is 5.17. The summed E-state index contributed by atoms with van der Waals surface area (Å²) in [5.41, 5.74) is 2.38. The maximum atomic E-state index is 12.1. The van der Waals surface area contributed by atoms with Crippen molar-refractivity contribution in [3.05, 3.63) is 29.6 Å². The lowest BCUT2D eigenvalue weighted by Gasteiger charge is -1.94. The molecule has 0 radical (unpaired) electrons. The molecule has 0 aliphatic heterocycles. The number of hydrogen-bond acceptors (Lipinski definition) is 4. The molecule has 1 N–H and O–H groups in total. The number of pyridine rings is 1. The molecule has 3 aromatic rings. The molecule has 0 spiro atoms. The lowest BCUT2D eigenvalue weighted by Crippen LogP contribution is -1.99. The smallest absolute Gasteiger partial charge is 0.198 e. The summed E-state index contributed by atoms with van der Waals surface area (Å²) in [7, 11) is -1.06. The van der Waals surface area contributed by atoms with Crippen molar-refractivity contribution in [3.8, 4) is 10.6 Å². The highest BCUT2D eigenvalue weighted by molar-refractivity contribution is 7.84. The van der Waals surface area contributed by atoms with Crippen molar-refractivity contribution < 1.29 is 5.64 Å². The summed E-state index contributed by atoms with van der Waals surface area (Å²) in [6.07, 6.45) is 1.98. The van der Waals surface area contributed by atoms with Crippen molar-refractivity contribution in [3.63, 3.8) is 0 Å². The van der Waals surface area contributed by atoms with Gasteiger partial charge in [-0.25, -0.2) is 9.97 Å². The van der Waals surface area contributed by atoms with Gasteiger partial charge in [-0.1, -0.05) is 33.3 Å². The Labute approximate surface area is 139 Å². The quantitative estimate of drug-likeness (QED) is 0.723. The van der Waals surface area contributed by atoms with Crippen molar-refractivity contribution >= 4 is 33.3 Å². The van der Waals surface area contributed by atoms with Gasteiger partial charge in [0.15, 0.2) is 10.8 Å². The van der Waals surface area contributed by atoms with Crippen LogP contribution < -0.4 is 0 Å². The fraction of sp³-hybridized carbons (Fsp3) is 0.375. The van der Waals surface area contributed by atoms with Crippen LogP contribution in [-0.4, -0.2) is 24.9 Å². The Hall–Kier alpha value is -1.53. The van der Waals surface area contributed by atoms with Crippen molar-refractivity contribution in [1.82, 2.24) is 15.0 Å². The van der Waals surface area contributed by atoms with E-state index in [1.807, 2.05) is 43.5 Å². The maximum Gasteiger partial charge on any atom is 0.198 e. The number of imidazole rings is 1. The first-order valence-electron chi connectivity index (χ1n) is 7.57. The van der Waals surface area contributed by atoms with Crippen LogP contribution in [0.15, 0.2) is 34.8 Å². The Morgan fingerprint density at radius 3 is 2.77 bits per heavy atom. The molecule has 3 heterocycles. The highest BCUT2D eigenvalue weighted by Gasteiger charge is 2.11. The van der Waals surface area contributed by atoms with E-state index in [9.17, 15) is 4.21 Å². The Kier molecular flexibility index (Phi) is 6.27. The zero-order chi connectivity index (χ0) is 15.9. The van der Waals surface area contributed by atoms with Crippen molar-refractivity contribution in [2.24, 2.45) is 0 Å². The molecule has 22 heavy (non-hydrogen) atoms. The number of H-pyrrole nitrogens is 1. The first-order chi connectivity index (χ1) is 10.8. The molecule has 0 amide bonds. The van der Waals surface area contributed by atoms with Crippen LogP contribution in [0.4, 0.5) is 0 Å². The van der Waals surface area contributed by atoms with Gasteiger partial charge < -0.3 is 4.98 Å². The average molecular weight is 338 g/mol. The molecule has 0 saturated heterocycles. The molecule has 120 valence electrons. The molecule has 1 unspecified atom stereocenters. The number of unbranched alkanes of at least 4 members (excludes halogenated alkanes) is 1. The second kappa shape index (κ2) is 8.19. The topological polar surface area (TPSA) is 58.6 Å². The molecule has 0 aliphatic carbocycles. The number of thiophene rings is 1. The minimum absolute atomic E-state index is 0. The van der Waals surface area contributed by atoms with E-state index in [4.69, 9.17) is 0 Å². The molecule has 4 nitrogen and oxygen atoms in total. The molecule has 3 rings (SSSR count). The van der Waals surface area contributed by atoms with E-state index in [1.165, 1.54) is 0 Å². The van der Waals surface area contributed by atoms with Crippen LogP contribution >= 0.6 is 11.3 Å². The maximum absolute atomic E-state index is 12.1. The predicted molar refractivity (Wildman–Crippen MR) is 96.8 cm³/mol. The third kappa shape index (κ3) is 3.81. The normalized spacial score (nSPS) is 12.0. The third-order valence-electron chi connectivity index (χ3n) is 3.00. The van der Waals surface area contributed by atoms with E-state index >= 15 is 0 Å². The number of aromatic nitrogens is 3. The fourth-order valence-electron chi connectivity index (χ4n) is 1.91. The van der Waals surface area contributed by atoms with Crippen molar-refractivity contribution in [2.75, 3.05) is 5.75 Å². The van der Waals surface area contributed by atoms with Gasteiger partial charge in [0.1, 0.15) is 0 Å². The highest BCUT2D eigenvalue weighted by Crippen LogP contribution is 2.24. The average Bonchev–Trinajstić information content (AvgIpc) is 3.22. The minimum Gasteiger partial charge on any atom is -0.329 e. The van der Waals surface area contributed by atoms with Crippen LogP contribution in [0.5, 0.6) is 0 Å². The van der Waals surface area contributed by atoms with Gasteiger partial charge in [-0.15, -0.1) is 11.3 Å². The van der Waals surface area contributed by atoms with Gasteiger partial charge in [0.2, 0.25) is 0 Å². The zero-order valence-electron chi connectivity index (χ0n) is 13.1. The van der Waals surface area contributed by atoms with E-state index < -0.39 is 10.8 Å². The Bertz CT molecular complexity index is 741. The van der Waals surface area contributed by atoms with Gasteiger partial charge in [-0.3, -0.25) is 4.21 Å². The van der Waals surface area contributed by atoms with Crippen LogP contribution in [0.2, 0.25) is 0 Å². The second-order valence-corrected chi connectivity index (χ2v) is 6.92. The number of nitrogens with one attached hydrogen (secondary N) is 1. The van der Waals surface area contributed by atoms with E-state index in [0.717, 1.165) is 28.9 Å². The van der Waals surface area contributed by atoms with Gasteiger partial charge in [-0.05, 0) is 30.0 Å². The first kappa shape index (κ1) is 16.8. The molecule has 0 aromatic carbocycles. The van der Waals surface area contributed by atoms with Crippen molar-refractivity contribution in [1.29, 1.82) is 0 Å². The number of nitrogens with zero attached hydrogens (tertiary/aromatic N) is 2. The van der Waals surface area contributed by atoms with E-state index in [1.54, 1.807) is 11.3 Å². The molecule has 6 heteroatoms. The molecule has 0 aliphatic rings. The van der Waals surface area contributed by atoms with Crippen LogP contribution in [0.1, 0.15) is 35.0 Å². The minimum atomic E-state index is -1.06. The SMILES string of the molecule is CC.CCCCS(=O)c1nc2nc(-c3cccs3)ccc2[nH]1.[HH]. The van der Waals surface area contributed by atoms with Gasteiger partial charge in [0.25, 0.3) is 0 Å². The Morgan fingerprint density at radius 1 is 1.27 bits per heavy atom. The molecular weight excluding hydrogens is 314 g/mol. The number of hydrogen-bond donors (Lipinski definition) is 1. The van der Waals surface area contributed by atoms with Crippen LogP contribution in [0.3, 0.4) is 0 Å². The van der Waals surface area contributed by atoms with Crippen LogP contribution in [-0.2, 0) is 10.8 Å². The van der Waals surface area contributed by atoms with Crippen LogP contribution in [0.25, 0.3) is 21.7 Å². The Morgan fingerprint density at radius 2 is 2.09 bits per heavy atom. The summed E-state index contributed by atoms with van der Waals surface area (Å²) in [4.78, 5) is 13.1. The zero-order valence-corrected chi connectivity index (χ0v) is 14.8. The summed E-state index contributed by atoms with van der Waals surface area (Å²) < 4.78 is 12.1. The molecular formula is C16H23N3OS2. The predicted octanol–water partition coefficient (Wildman–Crippen LogP) is 4.87.